The molecule has 24 heavy (non-hydrogen) atoms. The minimum absolute atomic E-state index is 0.201. The number of para-hydroxylation sites is 1. The fourth-order valence-corrected chi connectivity index (χ4v) is 3.02. The molecule has 7 heteroatoms. The number of amidine groups is 1. The molecule has 1 N–H and O–H groups in total. The van der Waals surface area contributed by atoms with E-state index in [9.17, 15) is 4.79 Å². The number of nitrogens with one attached hydrogen (secondary N) is 1. The molecule has 2 heterocycles. The zero-order valence-electron chi connectivity index (χ0n) is 13.1. The van der Waals surface area contributed by atoms with E-state index in [0.29, 0.717) is 27.3 Å². The van der Waals surface area contributed by atoms with Gasteiger partial charge in [-0.05, 0) is 36.0 Å². The van der Waals surface area contributed by atoms with Gasteiger partial charge in [-0.2, -0.15) is 0 Å². The Hall–Kier alpha value is -2.80. The van der Waals surface area contributed by atoms with Crippen molar-refractivity contribution in [2.24, 2.45) is 4.99 Å². The van der Waals surface area contributed by atoms with Gasteiger partial charge < -0.3 is 14.8 Å². The maximum Gasteiger partial charge on any atom is 0.264 e. The van der Waals surface area contributed by atoms with Crippen LogP contribution in [0.3, 0.4) is 0 Å². The van der Waals surface area contributed by atoms with Gasteiger partial charge in [0.25, 0.3) is 5.91 Å². The highest BCUT2D eigenvalue weighted by Crippen LogP contribution is 2.35. The van der Waals surface area contributed by atoms with Crippen LogP contribution in [0.15, 0.2) is 52.6 Å². The molecule has 1 fully saturated rings. The Morgan fingerprint density at radius 1 is 1.21 bits per heavy atom. The molecule has 1 amide bonds. The van der Waals surface area contributed by atoms with E-state index in [0.717, 1.165) is 5.56 Å². The summed E-state index contributed by atoms with van der Waals surface area (Å²) < 4.78 is 10.7. The molecule has 1 aromatic carbocycles. The lowest BCUT2D eigenvalue weighted by atomic mass is 10.1. The number of benzene rings is 1. The molecule has 0 spiro atoms. The Morgan fingerprint density at radius 3 is 2.79 bits per heavy atom. The van der Waals surface area contributed by atoms with Gasteiger partial charge in [-0.3, -0.25) is 9.78 Å². The standard InChI is InChI=1S/C17H15N3O3S/c1-22-13-7-3-5-11(15(13)23-2)9-14-16(21)20-17(24-14)19-12-6-4-8-18-10-12/h3-10H,1-2H3,(H,19,20,21). The van der Waals surface area contributed by atoms with Crippen LogP contribution in [-0.2, 0) is 4.79 Å². The summed E-state index contributed by atoms with van der Waals surface area (Å²) in [7, 11) is 3.14. The number of carbonyl (C=O) groups excluding carboxylic acids is 1. The van der Waals surface area contributed by atoms with Crippen LogP contribution in [0.25, 0.3) is 6.08 Å². The molecule has 3 rings (SSSR count). The first-order valence-electron chi connectivity index (χ1n) is 7.12. The lowest BCUT2D eigenvalue weighted by Crippen LogP contribution is -2.19. The fourth-order valence-electron chi connectivity index (χ4n) is 2.18. The molecular weight excluding hydrogens is 326 g/mol. The van der Waals surface area contributed by atoms with Gasteiger partial charge in [-0.15, -0.1) is 0 Å². The monoisotopic (exact) mass is 341 g/mol. The van der Waals surface area contributed by atoms with Crippen molar-refractivity contribution in [1.82, 2.24) is 10.3 Å². The number of amides is 1. The fraction of sp³-hybridized carbons (Fsp3) is 0.118. The number of aromatic nitrogens is 1. The van der Waals surface area contributed by atoms with Gasteiger partial charge in [0, 0.05) is 11.8 Å². The number of thioether (sulfide) groups is 1. The van der Waals surface area contributed by atoms with Crippen LogP contribution >= 0.6 is 11.8 Å². The molecule has 1 aliphatic rings. The molecule has 0 radical (unpaired) electrons. The summed E-state index contributed by atoms with van der Waals surface area (Å²) in [5.41, 5.74) is 1.44. The van der Waals surface area contributed by atoms with Gasteiger partial charge >= 0.3 is 0 Å². The summed E-state index contributed by atoms with van der Waals surface area (Å²) in [6.07, 6.45) is 5.06. The molecule has 0 saturated carbocycles. The van der Waals surface area contributed by atoms with Crippen LogP contribution in [-0.4, -0.2) is 30.3 Å². The third-order valence-electron chi connectivity index (χ3n) is 3.25. The number of carbonyl (C=O) groups is 1. The smallest absolute Gasteiger partial charge is 0.264 e. The third-order valence-corrected chi connectivity index (χ3v) is 4.16. The second-order valence-corrected chi connectivity index (χ2v) is 5.81. The summed E-state index contributed by atoms with van der Waals surface area (Å²) >= 11 is 1.27. The summed E-state index contributed by atoms with van der Waals surface area (Å²) in [5.74, 6) is 0.991. The van der Waals surface area contributed by atoms with Crippen LogP contribution in [0.4, 0.5) is 5.69 Å². The van der Waals surface area contributed by atoms with Crippen molar-refractivity contribution in [3.63, 3.8) is 0 Å². The van der Waals surface area contributed by atoms with Crippen molar-refractivity contribution in [3.8, 4) is 11.5 Å². The van der Waals surface area contributed by atoms with Gasteiger partial charge in [0.2, 0.25) is 0 Å². The van der Waals surface area contributed by atoms with E-state index in [-0.39, 0.29) is 5.91 Å². The maximum absolute atomic E-state index is 12.2. The van der Waals surface area contributed by atoms with Crippen LogP contribution < -0.4 is 14.8 Å². The Morgan fingerprint density at radius 2 is 2.08 bits per heavy atom. The molecule has 1 aliphatic heterocycles. The van der Waals surface area contributed by atoms with Crippen molar-refractivity contribution >= 4 is 34.6 Å². The highest BCUT2D eigenvalue weighted by atomic mass is 32.2. The first-order chi connectivity index (χ1) is 11.7. The zero-order chi connectivity index (χ0) is 16.9. The first-order valence-corrected chi connectivity index (χ1v) is 7.93. The summed E-state index contributed by atoms with van der Waals surface area (Å²) in [4.78, 5) is 21.1. The third kappa shape index (κ3) is 3.41. The van der Waals surface area contributed by atoms with Crippen LogP contribution in [0.5, 0.6) is 11.5 Å². The molecule has 0 unspecified atom stereocenters. The molecule has 1 saturated heterocycles. The highest BCUT2D eigenvalue weighted by Gasteiger charge is 2.24. The summed E-state index contributed by atoms with van der Waals surface area (Å²) in [6.45, 7) is 0. The van der Waals surface area contributed by atoms with E-state index in [1.165, 1.54) is 11.8 Å². The molecule has 0 bridgehead atoms. The molecule has 0 aliphatic carbocycles. The molecule has 6 nitrogen and oxygen atoms in total. The number of ether oxygens (including phenoxy) is 2. The SMILES string of the molecule is COc1cccc(C=C2SC(=Nc3cccnc3)NC2=O)c1OC. The predicted molar refractivity (Wildman–Crippen MR) is 94.6 cm³/mol. The lowest BCUT2D eigenvalue weighted by molar-refractivity contribution is -0.115. The molecule has 122 valence electrons. The van der Waals surface area contributed by atoms with Crippen molar-refractivity contribution in [1.29, 1.82) is 0 Å². The predicted octanol–water partition coefficient (Wildman–Crippen LogP) is 2.99. The number of hydrogen-bond acceptors (Lipinski definition) is 6. The Bertz CT molecular complexity index is 819. The summed E-state index contributed by atoms with van der Waals surface area (Å²) in [6, 6.07) is 9.12. The number of methoxy groups -OCH3 is 2. The number of aliphatic imine (C=N–C) groups is 1. The molecule has 1 aromatic heterocycles. The van der Waals surface area contributed by atoms with Crippen molar-refractivity contribution in [2.45, 2.75) is 0 Å². The van der Waals surface area contributed by atoms with E-state index in [4.69, 9.17) is 9.47 Å². The Balaban J connectivity index is 1.90. The largest absolute Gasteiger partial charge is 0.493 e. The quantitative estimate of drug-likeness (QED) is 0.866. The average molecular weight is 341 g/mol. The number of nitrogens with zero attached hydrogens (tertiary/aromatic N) is 2. The summed E-state index contributed by atoms with van der Waals surface area (Å²) in [5, 5.41) is 3.26. The number of hydrogen-bond donors (Lipinski definition) is 1. The Labute approximate surface area is 143 Å². The second-order valence-electron chi connectivity index (χ2n) is 4.78. The normalized spacial score (nSPS) is 17.2. The molecule has 0 atom stereocenters. The van der Waals surface area contributed by atoms with Crippen molar-refractivity contribution in [2.75, 3.05) is 14.2 Å². The van der Waals surface area contributed by atoms with E-state index in [2.05, 4.69) is 15.3 Å². The van der Waals surface area contributed by atoms with Crippen LogP contribution in [0.1, 0.15) is 5.56 Å². The maximum atomic E-state index is 12.2. The number of pyridine rings is 1. The zero-order valence-corrected chi connectivity index (χ0v) is 14.0. The van der Waals surface area contributed by atoms with Gasteiger partial charge in [0.05, 0.1) is 31.0 Å². The van der Waals surface area contributed by atoms with Gasteiger partial charge in [0.1, 0.15) is 0 Å². The first kappa shape index (κ1) is 16.1. The molecular formula is C17H15N3O3S. The van der Waals surface area contributed by atoms with E-state index >= 15 is 0 Å². The van der Waals surface area contributed by atoms with Crippen LogP contribution in [0.2, 0.25) is 0 Å². The van der Waals surface area contributed by atoms with Crippen LogP contribution in [0, 0.1) is 0 Å². The Kier molecular flexibility index (Phi) is 4.81. The number of rotatable bonds is 4. The minimum atomic E-state index is -0.201. The van der Waals surface area contributed by atoms with E-state index in [1.807, 2.05) is 18.2 Å². The second kappa shape index (κ2) is 7.18. The lowest BCUT2D eigenvalue weighted by Gasteiger charge is -2.10. The van der Waals surface area contributed by atoms with E-state index in [1.54, 1.807) is 44.8 Å². The topological polar surface area (TPSA) is 72.8 Å². The van der Waals surface area contributed by atoms with Crippen molar-refractivity contribution in [3.05, 3.63) is 53.2 Å². The molecule has 2 aromatic rings. The average Bonchev–Trinajstić information content (AvgIpc) is 2.94. The minimum Gasteiger partial charge on any atom is -0.493 e. The van der Waals surface area contributed by atoms with Gasteiger partial charge in [-0.1, -0.05) is 12.1 Å². The van der Waals surface area contributed by atoms with Gasteiger partial charge in [0.15, 0.2) is 16.7 Å². The van der Waals surface area contributed by atoms with E-state index < -0.39 is 0 Å². The highest BCUT2D eigenvalue weighted by molar-refractivity contribution is 8.18. The van der Waals surface area contributed by atoms with Gasteiger partial charge in [-0.25, -0.2) is 4.99 Å². The van der Waals surface area contributed by atoms with Crippen molar-refractivity contribution < 1.29 is 14.3 Å².